The zero-order valence-corrected chi connectivity index (χ0v) is 8.02. The maximum absolute atomic E-state index is 10.5. The van der Waals surface area contributed by atoms with Crippen LogP contribution in [0.5, 0.6) is 0 Å². The Morgan fingerprint density at radius 3 is 2.75 bits per heavy atom. The molecule has 0 aliphatic carbocycles. The molecule has 0 aromatic rings. The van der Waals surface area contributed by atoms with Gasteiger partial charge in [0.05, 0.1) is 6.10 Å². The number of rotatable bonds is 4. The first-order chi connectivity index (χ1) is 5.66. The van der Waals surface area contributed by atoms with E-state index in [4.69, 9.17) is 4.74 Å². The van der Waals surface area contributed by atoms with Gasteiger partial charge in [-0.15, -0.1) is 11.8 Å². The van der Waals surface area contributed by atoms with Crippen LogP contribution in [-0.4, -0.2) is 12.1 Å². The second kappa shape index (κ2) is 6.72. The van der Waals surface area contributed by atoms with Gasteiger partial charge in [0.15, 0.2) is 0 Å². The molecule has 0 aliphatic rings. The molecule has 12 heavy (non-hydrogen) atoms. The van der Waals surface area contributed by atoms with Gasteiger partial charge >= 0.3 is 5.97 Å². The predicted octanol–water partition coefficient (Wildman–Crippen LogP) is 2.13. The van der Waals surface area contributed by atoms with E-state index in [1.54, 1.807) is 0 Å². The average Bonchev–Trinajstić information content (AvgIpc) is 1.97. The normalized spacial score (nSPS) is 11.2. The van der Waals surface area contributed by atoms with E-state index in [9.17, 15) is 4.79 Å². The maximum Gasteiger partial charge on any atom is 0.302 e. The molecule has 0 aromatic heterocycles. The van der Waals surface area contributed by atoms with Gasteiger partial charge in [0, 0.05) is 13.3 Å². The summed E-state index contributed by atoms with van der Waals surface area (Å²) in [5, 5.41) is 0. The van der Waals surface area contributed by atoms with Crippen molar-refractivity contribution in [3.8, 4) is 11.8 Å². The lowest BCUT2D eigenvalue weighted by molar-refractivity contribution is -0.145. The number of esters is 1. The van der Waals surface area contributed by atoms with Gasteiger partial charge < -0.3 is 4.74 Å². The fraction of sp³-hybridized carbons (Fsp3) is 0.700. The first-order valence-electron chi connectivity index (χ1n) is 4.23. The monoisotopic (exact) mass is 168 g/mol. The van der Waals surface area contributed by atoms with Crippen molar-refractivity contribution >= 4 is 5.97 Å². The Balaban J connectivity index is 3.35. The summed E-state index contributed by atoms with van der Waals surface area (Å²) in [5.41, 5.74) is 0. The maximum atomic E-state index is 10.5. The average molecular weight is 168 g/mol. The third-order valence-electron chi connectivity index (χ3n) is 1.46. The summed E-state index contributed by atoms with van der Waals surface area (Å²) in [7, 11) is 0. The molecule has 0 amide bonds. The fourth-order valence-electron chi connectivity index (χ4n) is 0.945. The molecule has 68 valence electrons. The summed E-state index contributed by atoms with van der Waals surface area (Å²) in [5.74, 6) is 5.59. The number of ether oxygens (including phenoxy) is 1. The zero-order chi connectivity index (χ0) is 9.40. The molecule has 0 radical (unpaired) electrons. The Kier molecular flexibility index (Phi) is 6.18. The Hall–Kier alpha value is -0.970. The predicted molar refractivity (Wildman–Crippen MR) is 48.5 cm³/mol. The van der Waals surface area contributed by atoms with E-state index < -0.39 is 0 Å². The quantitative estimate of drug-likeness (QED) is 0.365. The van der Waals surface area contributed by atoms with Crippen molar-refractivity contribution in [2.24, 2.45) is 0 Å². The van der Waals surface area contributed by atoms with Crippen LogP contribution in [0, 0.1) is 11.8 Å². The van der Waals surface area contributed by atoms with Crippen LogP contribution in [0.1, 0.15) is 40.0 Å². The van der Waals surface area contributed by atoms with Gasteiger partial charge in [-0.2, -0.15) is 0 Å². The number of carbonyl (C=O) groups excluding carboxylic acids is 1. The third-order valence-corrected chi connectivity index (χ3v) is 1.46. The third kappa shape index (κ3) is 7.14. The molecule has 2 heteroatoms. The van der Waals surface area contributed by atoms with E-state index in [0.29, 0.717) is 0 Å². The van der Waals surface area contributed by atoms with Crippen LogP contribution in [0.25, 0.3) is 0 Å². The van der Waals surface area contributed by atoms with Gasteiger partial charge in [0.2, 0.25) is 0 Å². The Morgan fingerprint density at radius 1 is 1.58 bits per heavy atom. The molecule has 0 N–H and O–H groups in total. The number of carbonyl (C=O) groups is 1. The standard InChI is InChI=1S/C10H16O2/c1-4-5-6-7-8-9(2)12-10(3)11/h9H,6-8H2,1-3H3/t9-/m0/s1. The molecular weight excluding hydrogens is 152 g/mol. The minimum Gasteiger partial charge on any atom is -0.463 e. The van der Waals surface area contributed by atoms with Gasteiger partial charge in [-0.1, -0.05) is 0 Å². The second-order valence-corrected chi connectivity index (χ2v) is 2.74. The first kappa shape index (κ1) is 11.0. The van der Waals surface area contributed by atoms with Crippen LogP contribution in [0.4, 0.5) is 0 Å². The molecule has 0 rings (SSSR count). The van der Waals surface area contributed by atoms with E-state index in [1.807, 2.05) is 13.8 Å². The van der Waals surface area contributed by atoms with Crippen molar-refractivity contribution in [1.29, 1.82) is 0 Å². The topological polar surface area (TPSA) is 26.3 Å². The minimum atomic E-state index is -0.205. The molecule has 0 aromatic carbocycles. The van der Waals surface area contributed by atoms with Crippen molar-refractivity contribution in [2.75, 3.05) is 0 Å². The molecule has 0 saturated heterocycles. The number of unbranched alkanes of at least 4 members (excludes halogenated alkanes) is 1. The van der Waals surface area contributed by atoms with Crippen molar-refractivity contribution in [3.63, 3.8) is 0 Å². The highest BCUT2D eigenvalue weighted by Gasteiger charge is 2.03. The number of hydrogen-bond donors (Lipinski definition) is 0. The van der Waals surface area contributed by atoms with Gasteiger partial charge in [-0.3, -0.25) is 4.79 Å². The molecule has 0 spiro atoms. The lowest BCUT2D eigenvalue weighted by atomic mass is 10.2. The minimum absolute atomic E-state index is 0.0288. The SMILES string of the molecule is CC#CCCC[C@H](C)OC(C)=O. The zero-order valence-electron chi connectivity index (χ0n) is 8.02. The fourth-order valence-corrected chi connectivity index (χ4v) is 0.945. The van der Waals surface area contributed by atoms with E-state index in [-0.39, 0.29) is 12.1 Å². The molecule has 0 heterocycles. The number of hydrogen-bond acceptors (Lipinski definition) is 2. The van der Waals surface area contributed by atoms with Crippen LogP contribution in [-0.2, 0) is 9.53 Å². The molecule has 0 saturated carbocycles. The van der Waals surface area contributed by atoms with Crippen LogP contribution in [0.2, 0.25) is 0 Å². The summed E-state index contributed by atoms with van der Waals surface area (Å²) in [4.78, 5) is 10.5. The highest BCUT2D eigenvalue weighted by Crippen LogP contribution is 2.03. The van der Waals surface area contributed by atoms with Crippen molar-refractivity contribution in [3.05, 3.63) is 0 Å². The van der Waals surface area contributed by atoms with Crippen molar-refractivity contribution < 1.29 is 9.53 Å². The molecule has 2 nitrogen and oxygen atoms in total. The smallest absolute Gasteiger partial charge is 0.302 e. The lowest BCUT2D eigenvalue weighted by Crippen LogP contribution is -2.11. The molecule has 1 atom stereocenters. The summed E-state index contributed by atoms with van der Waals surface area (Å²) in [6.07, 6.45) is 2.81. The summed E-state index contributed by atoms with van der Waals surface area (Å²) in [6, 6.07) is 0. The van der Waals surface area contributed by atoms with Crippen LogP contribution < -0.4 is 0 Å². The summed E-state index contributed by atoms with van der Waals surface area (Å²) < 4.78 is 4.94. The Labute approximate surface area is 74.3 Å². The Morgan fingerprint density at radius 2 is 2.25 bits per heavy atom. The highest BCUT2D eigenvalue weighted by molar-refractivity contribution is 5.66. The highest BCUT2D eigenvalue weighted by atomic mass is 16.5. The van der Waals surface area contributed by atoms with E-state index in [0.717, 1.165) is 19.3 Å². The van der Waals surface area contributed by atoms with Crippen LogP contribution in [0.15, 0.2) is 0 Å². The largest absolute Gasteiger partial charge is 0.463 e. The van der Waals surface area contributed by atoms with Crippen LogP contribution >= 0.6 is 0 Å². The van der Waals surface area contributed by atoms with Gasteiger partial charge in [0.25, 0.3) is 0 Å². The lowest BCUT2D eigenvalue weighted by Gasteiger charge is -2.09. The summed E-state index contributed by atoms with van der Waals surface area (Å²) in [6.45, 7) is 5.17. The molecule has 0 fully saturated rings. The van der Waals surface area contributed by atoms with Gasteiger partial charge in [-0.05, 0) is 26.7 Å². The van der Waals surface area contributed by atoms with E-state index in [2.05, 4.69) is 11.8 Å². The Bertz CT molecular complexity index is 186. The van der Waals surface area contributed by atoms with E-state index >= 15 is 0 Å². The first-order valence-corrected chi connectivity index (χ1v) is 4.23. The van der Waals surface area contributed by atoms with Gasteiger partial charge in [0.1, 0.15) is 0 Å². The summed E-state index contributed by atoms with van der Waals surface area (Å²) >= 11 is 0. The molecule has 0 aliphatic heterocycles. The van der Waals surface area contributed by atoms with Gasteiger partial charge in [-0.25, -0.2) is 0 Å². The van der Waals surface area contributed by atoms with Crippen molar-refractivity contribution in [1.82, 2.24) is 0 Å². The second-order valence-electron chi connectivity index (χ2n) is 2.74. The van der Waals surface area contributed by atoms with Crippen molar-refractivity contribution in [2.45, 2.75) is 46.1 Å². The molecule has 0 bridgehead atoms. The van der Waals surface area contributed by atoms with Crippen LogP contribution in [0.3, 0.4) is 0 Å². The molecule has 0 unspecified atom stereocenters. The van der Waals surface area contributed by atoms with E-state index in [1.165, 1.54) is 6.92 Å². The molecular formula is C10H16O2.